The summed E-state index contributed by atoms with van der Waals surface area (Å²) in [6, 6.07) is 3.57. The van der Waals surface area contributed by atoms with Crippen molar-refractivity contribution < 1.29 is 9.53 Å². The monoisotopic (exact) mass is 252 g/mol. The molecule has 0 radical (unpaired) electrons. The second-order valence-electron chi connectivity index (χ2n) is 3.84. The number of amides is 2. The van der Waals surface area contributed by atoms with Crippen molar-refractivity contribution in [3.63, 3.8) is 0 Å². The fraction of sp³-hybridized carbons (Fsp3) is 0.500. The van der Waals surface area contributed by atoms with Gasteiger partial charge in [0.1, 0.15) is 0 Å². The van der Waals surface area contributed by atoms with Gasteiger partial charge >= 0.3 is 6.03 Å². The van der Waals surface area contributed by atoms with Crippen LogP contribution in [0.1, 0.15) is 6.92 Å². The van der Waals surface area contributed by atoms with Gasteiger partial charge in [-0.15, -0.1) is 0 Å². The van der Waals surface area contributed by atoms with Gasteiger partial charge in [-0.1, -0.05) is 0 Å². The zero-order chi connectivity index (χ0) is 13.4. The molecule has 0 fully saturated rings. The van der Waals surface area contributed by atoms with Crippen LogP contribution in [0.25, 0.3) is 0 Å². The number of nitrogens with one attached hydrogen (secondary N) is 2. The molecule has 0 saturated carbocycles. The van der Waals surface area contributed by atoms with E-state index >= 15 is 0 Å². The van der Waals surface area contributed by atoms with E-state index in [0.717, 1.165) is 5.75 Å². The fourth-order valence-electron chi connectivity index (χ4n) is 1.30. The Kier molecular flexibility index (Phi) is 5.76. The van der Waals surface area contributed by atoms with E-state index in [4.69, 9.17) is 4.74 Å². The van der Waals surface area contributed by atoms with Crippen molar-refractivity contribution in [1.82, 2.24) is 15.2 Å². The molecule has 1 aromatic rings. The highest BCUT2D eigenvalue weighted by molar-refractivity contribution is 5.73. The highest BCUT2D eigenvalue weighted by Crippen LogP contribution is 2.19. The minimum atomic E-state index is -0.108. The van der Waals surface area contributed by atoms with Crippen molar-refractivity contribution in [3.8, 4) is 5.75 Å². The fourth-order valence-corrected chi connectivity index (χ4v) is 1.30. The molecule has 0 aliphatic heterocycles. The van der Waals surface area contributed by atoms with E-state index in [9.17, 15) is 4.79 Å². The first-order valence-electron chi connectivity index (χ1n) is 5.92. The number of pyridine rings is 1. The smallest absolute Gasteiger partial charge is 0.316 e. The first kappa shape index (κ1) is 14.1. The van der Waals surface area contributed by atoms with Gasteiger partial charge in [0.15, 0.2) is 11.6 Å². The van der Waals surface area contributed by atoms with E-state index in [-0.39, 0.29) is 6.03 Å². The van der Waals surface area contributed by atoms with Crippen molar-refractivity contribution >= 4 is 11.8 Å². The Morgan fingerprint density at radius 3 is 2.89 bits per heavy atom. The molecule has 0 saturated heterocycles. The lowest BCUT2D eigenvalue weighted by molar-refractivity contribution is 0.218. The van der Waals surface area contributed by atoms with Crippen LogP contribution in [-0.4, -0.2) is 49.7 Å². The number of anilines is 1. The van der Waals surface area contributed by atoms with Gasteiger partial charge in [-0.3, -0.25) is 0 Å². The van der Waals surface area contributed by atoms with Crippen LogP contribution in [0.15, 0.2) is 18.3 Å². The molecule has 0 unspecified atom stereocenters. The van der Waals surface area contributed by atoms with E-state index in [1.165, 1.54) is 4.90 Å². The molecule has 0 spiro atoms. The van der Waals surface area contributed by atoms with Gasteiger partial charge in [-0.2, -0.15) is 0 Å². The molecule has 2 amide bonds. The van der Waals surface area contributed by atoms with Gasteiger partial charge in [-0.25, -0.2) is 9.78 Å². The van der Waals surface area contributed by atoms with Crippen LogP contribution in [0.4, 0.5) is 10.6 Å². The normalized spacial score (nSPS) is 9.72. The summed E-state index contributed by atoms with van der Waals surface area (Å²) in [5.41, 5.74) is 0. The molecule has 100 valence electrons. The number of aromatic nitrogens is 1. The minimum Gasteiger partial charge on any atom is -0.490 e. The Bertz CT molecular complexity index is 382. The maximum atomic E-state index is 11.3. The van der Waals surface area contributed by atoms with Crippen LogP contribution in [0.3, 0.4) is 0 Å². The van der Waals surface area contributed by atoms with Crippen molar-refractivity contribution in [2.24, 2.45) is 0 Å². The molecule has 6 heteroatoms. The van der Waals surface area contributed by atoms with Gasteiger partial charge < -0.3 is 20.3 Å². The van der Waals surface area contributed by atoms with Gasteiger partial charge in [-0.05, 0) is 19.1 Å². The van der Waals surface area contributed by atoms with Crippen LogP contribution in [-0.2, 0) is 0 Å². The summed E-state index contributed by atoms with van der Waals surface area (Å²) in [6.07, 6.45) is 1.70. The first-order chi connectivity index (χ1) is 8.65. The van der Waals surface area contributed by atoms with Crippen LogP contribution < -0.4 is 15.4 Å². The van der Waals surface area contributed by atoms with E-state index in [0.29, 0.717) is 25.5 Å². The van der Waals surface area contributed by atoms with Crippen LogP contribution in [0.2, 0.25) is 0 Å². The number of hydrogen-bond donors (Lipinski definition) is 2. The maximum Gasteiger partial charge on any atom is 0.316 e. The van der Waals surface area contributed by atoms with E-state index < -0.39 is 0 Å². The number of urea groups is 1. The maximum absolute atomic E-state index is 11.3. The zero-order valence-corrected chi connectivity index (χ0v) is 11.1. The van der Waals surface area contributed by atoms with Gasteiger partial charge in [0.2, 0.25) is 0 Å². The van der Waals surface area contributed by atoms with Crippen molar-refractivity contribution in [2.75, 3.05) is 39.1 Å². The Morgan fingerprint density at radius 2 is 2.22 bits per heavy atom. The van der Waals surface area contributed by atoms with E-state index in [1.54, 1.807) is 20.3 Å². The third kappa shape index (κ3) is 4.48. The Balaban J connectivity index is 2.37. The first-order valence-corrected chi connectivity index (χ1v) is 5.92. The SMILES string of the molecule is CCOc1cccnc1NCCNC(=O)N(C)C. The topological polar surface area (TPSA) is 66.5 Å². The van der Waals surface area contributed by atoms with Crippen LogP contribution in [0, 0.1) is 0 Å². The second kappa shape index (κ2) is 7.37. The largest absolute Gasteiger partial charge is 0.490 e. The van der Waals surface area contributed by atoms with Crippen molar-refractivity contribution in [3.05, 3.63) is 18.3 Å². The third-order valence-corrected chi connectivity index (χ3v) is 2.17. The lowest BCUT2D eigenvalue weighted by Gasteiger charge is -2.13. The molecule has 1 heterocycles. The number of rotatable bonds is 6. The van der Waals surface area contributed by atoms with Crippen LogP contribution >= 0.6 is 0 Å². The molecule has 1 aromatic heterocycles. The molecule has 1 rings (SSSR count). The van der Waals surface area contributed by atoms with Gasteiger partial charge in [0, 0.05) is 33.4 Å². The lowest BCUT2D eigenvalue weighted by atomic mass is 10.4. The lowest BCUT2D eigenvalue weighted by Crippen LogP contribution is -2.37. The average molecular weight is 252 g/mol. The molecular formula is C12H20N4O2. The Hall–Kier alpha value is -1.98. The highest BCUT2D eigenvalue weighted by Gasteiger charge is 2.04. The molecule has 6 nitrogen and oxygen atoms in total. The Labute approximate surface area is 107 Å². The summed E-state index contributed by atoms with van der Waals surface area (Å²) in [4.78, 5) is 17.0. The molecule has 0 aliphatic carbocycles. The predicted octanol–water partition coefficient (Wildman–Crippen LogP) is 1.16. The molecule has 0 bridgehead atoms. The summed E-state index contributed by atoms with van der Waals surface area (Å²) in [5.74, 6) is 1.41. The number of ether oxygens (including phenoxy) is 1. The number of nitrogens with zero attached hydrogens (tertiary/aromatic N) is 2. The summed E-state index contributed by atoms with van der Waals surface area (Å²) in [7, 11) is 3.41. The number of carbonyl (C=O) groups is 1. The van der Waals surface area contributed by atoms with Gasteiger partial charge in [0.05, 0.1) is 6.61 Å². The minimum absolute atomic E-state index is 0.108. The summed E-state index contributed by atoms with van der Waals surface area (Å²) in [5, 5.41) is 5.88. The van der Waals surface area contributed by atoms with Gasteiger partial charge in [0.25, 0.3) is 0 Å². The quantitative estimate of drug-likeness (QED) is 0.746. The van der Waals surface area contributed by atoms with E-state index in [1.807, 2.05) is 19.1 Å². The van der Waals surface area contributed by atoms with Crippen LogP contribution in [0.5, 0.6) is 5.75 Å². The second-order valence-corrected chi connectivity index (χ2v) is 3.84. The zero-order valence-electron chi connectivity index (χ0n) is 11.1. The molecule has 2 N–H and O–H groups in total. The highest BCUT2D eigenvalue weighted by atomic mass is 16.5. The summed E-state index contributed by atoms with van der Waals surface area (Å²) >= 11 is 0. The average Bonchev–Trinajstić information content (AvgIpc) is 2.36. The van der Waals surface area contributed by atoms with E-state index in [2.05, 4.69) is 15.6 Å². The third-order valence-electron chi connectivity index (χ3n) is 2.17. The molecule has 0 atom stereocenters. The molecule has 18 heavy (non-hydrogen) atoms. The summed E-state index contributed by atoms with van der Waals surface area (Å²) in [6.45, 7) is 3.64. The summed E-state index contributed by atoms with van der Waals surface area (Å²) < 4.78 is 5.43. The predicted molar refractivity (Wildman–Crippen MR) is 71.0 cm³/mol. The standard InChI is InChI=1S/C12H20N4O2/c1-4-18-10-6-5-7-13-11(10)14-8-9-15-12(17)16(2)3/h5-7H,4,8-9H2,1-3H3,(H,13,14)(H,15,17). The Morgan fingerprint density at radius 1 is 1.44 bits per heavy atom. The molecular weight excluding hydrogens is 232 g/mol. The number of carbonyl (C=O) groups excluding carboxylic acids is 1. The molecule has 0 aromatic carbocycles. The van der Waals surface area contributed by atoms with Crippen molar-refractivity contribution in [1.29, 1.82) is 0 Å². The number of hydrogen-bond acceptors (Lipinski definition) is 4. The molecule has 0 aliphatic rings. The van der Waals surface area contributed by atoms with Crippen molar-refractivity contribution in [2.45, 2.75) is 6.92 Å².